The third kappa shape index (κ3) is 5.93. The first kappa shape index (κ1) is 26.0. The lowest BCUT2D eigenvalue weighted by atomic mass is 9.90. The summed E-state index contributed by atoms with van der Waals surface area (Å²) in [5.74, 6) is 0.890. The summed E-state index contributed by atoms with van der Waals surface area (Å²) in [5.41, 5.74) is 4.22. The molecule has 0 atom stereocenters. The zero-order valence-electron chi connectivity index (χ0n) is 22.6. The molecule has 2 saturated heterocycles. The fourth-order valence-corrected chi connectivity index (χ4v) is 5.69. The highest BCUT2D eigenvalue weighted by atomic mass is 16.2. The van der Waals surface area contributed by atoms with Crippen molar-refractivity contribution >= 4 is 23.2 Å². The molecule has 0 aliphatic carbocycles. The van der Waals surface area contributed by atoms with E-state index in [4.69, 9.17) is 0 Å². The summed E-state index contributed by atoms with van der Waals surface area (Å²) in [6.07, 6.45) is 4.33. The van der Waals surface area contributed by atoms with E-state index >= 15 is 0 Å². The normalized spacial score (nSPS) is 17.0. The van der Waals surface area contributed by atoms with Gasteiger partial charge in [0.2, 0.25) is 5.91 Å². The van der Waals surface area contributed by atoms with Gasteiger partial charge in [0.15, 0.2) is 0 Å². The molecule has 0 aromatic heterocycles. The van der Waals surface area contributed by atoms with Crippen LogP contribution in [-0.4, -0.2) is 42.9 Å². The minimum absolute atomic E-state index is 0.0734. The van der Waals surface area contributed by atoms with E-state index < -0.39 is 5.92 Å². The molecule has 0 spiro atoms. The van der Waals surface area contributed by atoms with Crippen LogP contribution < -0.4 is 10.2 Å². The molecule has 0 saturated carbocycles. The predicted octanol–water partition coefficient (Wildman–Crippen LogP) is 6.57. The summed E-state index contributed by atoms with van der Waals surface area (Å²) >= 11 is 0. The van der Waals surface area contributed by atoms with E-state index in [0.29, 0.717) is 23.1 Å². The standard InChI is InChI=1S/C33H39N3O2/c1-24-15-19-35(20-16-24)30-14-13-28(23-29(30)33(38)36-21-17-25(2)18-22-36)34-32(37)31(26-9-5-3-6-10-26)27-11-7-4-8-12-27/h3-14,23-25,31H,15-22H2,1-2H3,(H,34,37). The first-order valence-corrected chi connectivity index (χ1v) is 14.1. The van der Waals surface area contributed by atoms with Crippen molar-refractivity contribution in [2.75, 3.05) is 36.4 Å². The molecule has 0 unspecified atom stereocenters. The van der Waals surface area contributed by atoms with E-state index in [-0.39, 0.29) is 11.8 Å². The second-order valence-electron chi connectivity index (χ2n) is 11.1. The summed E-state index contributed by atoms with van der Waals surface area (Å²) in [4.78, 5) is 31.9. The molecule has 2 aliphatic rings. The fourth-order valence-electron chi connectivity index (χ4n) is 5.69. The monoisotopic (exact) mass is 509 g/mol. The maximum Gasteiger partial charge on any atom is 0.256 e. The smallest absolute Gasteiger partial charge is 0.256 e. The van der Waals surface area contributed by atoms with E-state index in [9.17, 15) is 9.59 Å². The number of anilines is 2. The average Bonchev–Trinajstić information content (AvgIpc) is 2.95. The Bertz CT molecular complexity index is 1190. The van der Waals surface area contributed by atoms with Crippen molar-refractivity contribution in [3.8, 4) is 0 Å². The Morgan fingerprint density at radius 1 is 0.737 bits per heavy atom. The third-order valence-corrected chi connectivity index (χ3v) is 8.22. The lowest BCUT2D eigenvalue weighted by Crippen LogP contribution is -2.40. The molecule has 3 aromatic carbocycles. The summed E-state index contributed by atoms with van der Waals surface area (Å²) < 4.78 is 0. The number of nitrogens with one attached hydrogen (secondary N) is 1. The van der Waals surface area contributed by atoms with Gasteiger partial charge in [-0.2, -0.15) is 0 Å². The lowest BCUT2D eigenvalue weighted by Gasteiger charge is -2.35. The molecular weight excluding hydrogens is 470 g/mol. The van der Waals surface area contributed by atoms with Crippen LogP contribution in [0.3, 0.4) is 0 Å². The van der Waals surface area contributed by atoms with Crippen LogP contribution in [0, 0.1) is 11.8 Å². The summed E-state index contributed by atoms with van der Waals surface area (Å²) in [7, 11) is 0. The van der Waals surface area contributed by atoms with Gasteiger partial charge < -0.3 is 15.1 Å². The van der Waals surface area contributed by atoms with Crippen LogP contribution in [0.5, 0.6) is 0 Å². The Balaban J connectivity index is 1.45. The number of nitrogens with zero attached hydrogens (tertiary/aromatic N) is 2. The SMILES string of the molecule is CC1CCN(C(=O)c2cc(NC(=O)C(c3ccccc3)c3ccccc3)ccc2N2CCC(C)CC2)CC1. The predicted molar refractivity (Wildman–Crippen MR) is 155 cm³/mol. The first-order valence-electron chi connectivity index (χ1n) is 14.1. The van der Waals surface area contributed by atoms with E-state index in [1.165, 1.54) is 0 Å². The second kappa shape index (κ2) is 11.8. The number of benzene rings is 3. The fraction of sp³-hybridized carbons (Fsp3) is 0.394. The van der Waals surface area contributed by atoms with Crippen LogP contribution in [0.15, 0.2) is 78.9 Å². The van der Waals surface area contributed by atoms with Crippen molar-refractivity contribution in [2.45, 2.75) is 45.4 Å². The van der Waals surface area contributed by atoms with Crippen LogP contribution in [0.25, 0.3) is 0 Å². The van der Waals surface area contributed by atoms with Gasteiger partial charge in [0.25, 0.3) is 5.91 Å². The molecule has 0 bridgehead atoms. The molecular formula is C33H39N3O2. The van der Waals surface area contributed by atoms with Crippen LogP contribution in [-0.2, 0) is 4.79 Å². The molecule has 198 valence electrons. The van der Waals surface area contributed by atoms with E-state index in [2.05, 4.69) is 24.1 Å². The third-order valence-electron chi connectivity index (χ3n) is 8.22. The van der Waals surface area contributed by atoms with Crippen LogP contribution >= 0.6 is 0 Å². The van der Waals surface area contributed by atoms with Gasteiger partial charge in [-0.15, -0.1) is 0 Å². The van der Waals surface area contributed by atoms with Crippen molar-refractivity contribution in [3.63, 3.8) is 0 Å². The number of amides is 2. The summed E-state index contributed by atoms with van der Waals surface area (Å²) in [6.45, 7) is 8.04. The molecule has 2 aliphatic heterocycles. The Morgan fingerprint density at radius 2 is 1.26 bits per heavy atom. The topological polar surface area (TPSA) is 52.7 Å². The van der Waals surface area contributed by atoms with Gasteiger partial charge in [0, 0.05) is 37.6 Å². The molecule has 2 fully saturated rings. The van der Waals surface area contributed by atoms with Gasteiger partial charge in [-0.3, -0.25) is 9.59 Å². The van der Waals surface area contributed by atoms with Crippen LogP contribution in [0.4, 0.5) is 11.4 Å². The lowest BCUT2D eigenvalue weighted by molar-refractivity contribution is -0.116. The highest BCUT2D eigenvalue weighted by Gasteiger charge is 2.28. The maximum absolute atomic E-state index is 13.8. The van der Waals surface area contributed by atoms with E-state index in [1.807, 2.05) is 83.8 Å². The minimum Gasteiger partial charge on any atom is -0.371 e. The molecule has 5 heteroatoms. The highest BCUT2D eigenvalue weighted by molar-refractivity contribution is 6.03. The molecule has 5 rings (SSSR count). The second-order valence-corrected chi connectivity index (χ2v) is 11.1. The Labute approximate surface area is 226 Å². The number of carbonyl (C=O) groups is 2. The minimum atomic E-state index is -0.441. The van der Waals surface area contributed by atoms with Crippen LogP contribution in [0.2, 0.25) is 0 Å². The largest absolute Gasteiger partial charge is 0.371 e. The molecule has 2 amide bonds. The van der Waals surface area contributed by atoms with Crippen molar-refractivity contribution in [1.82, 2.24) is 4.90 Å². The van der Waals surface area contributed by atoms with E-state index in [1.54, 1.807) is 0 Å². The Morgan fingerprint density at radius 3 is 1.82 bits per heavy atom. The number of hydrogen-bond acceptors (Lipinski definition) is 3. The van der Waals surface area contributed by atoms with Gasteiger partial charge in [-0.25, -0.2) is 0 Å². The summed E-state index contributed by atoms with van der Waals surface area (Å²) in [5, 5.41) is 3.15. The highest BCUT2D eigenvalue weighted by Crippen LogP contribution is 2.32. The zero-order valence-corrected chi connectivity index (χ0v) is 22.6. The summed E-state index contributed by atoms with van der Waals surface area (Å²) in [6, 6.07) is 25.6. The first-order chi connectivity index (χ1) is 18.5. The molecule has 1 N–H and O–H groups in total. The quantitative estimate of drug-likeness (QED) is 0.409. The molecule has 0 radical (unpaired) electrons. The molecule has 3 aromatic rings. The van der Waals surface area contributed by atoms with Gasteiger partial charge in [-0.1, -0.05) is 74.5 Å². The number of piperidine rings is 2. The number of hydrogen-bond donors (Lipinski definition) is 1. The molecule has 5 nitrogen and oxygen atoms in total. The van der Waals surface area contributed by atoms with Gasteiger partial charge >= 0.3 is 0 Å². The zero-order chi connectivity index (χ0) is 26.5. The van der Waals surface area contributed by atoms with Gasteiger partial charge in [0.1, 0.15) is 0 Å². The Kier molecular flexibility index (Phi) is 8.11. The van der Waals surface area contributed by atoms with E-state index in [0.717, 1.165) is 68.7 Å². The van der Waals surface area contributed by atoms with Gasteiger partial charge in [-0.05, 0) is 66.8 Å². The van der Waals surface area contributed by atoms with Crippen molar-refractivity contribution in [3.05, 3.63) is 95.6 Å². The van der Waals surface area contributed by atoms with Gasteiger partial charge in [0.05, 0.1) is 11.5 Å². The number of carbonyl (C=O) groups excluding carboxylic acids is 2. The molecule has 38 heavy (non-hydrogen) atoms. The maximum atomic E-state index is 13.8. The van der Waals surface area contributed by atoms with Crippen LogP contribution in [0.1, 0.15) is 66.9 Å². The number of rotatable bonds is 6. The number of likely N-dealkylation sites (tertiary alicyclic amines) is 1. The van der Waals surface area contributed by atoms with Crippen molar-refractivity contribution in [2.24, 2.45) is 11.8 Å². The Hall–Kier alpha value is -3.60. The molecule has 2 heterocycles. The van der Waals surface area contributed by atoms with Crippen molar-refractivity contribution in [1.29, 1.82) is 0 Å². The van der Waals surface area contributed by atoms with Crippen molar-refractivity contribution < 1.29 is 9.59 Å². The average molecular weight is 510 g/mol.